The molecule has 3 nitrogen and oxygen atoms in total. The molecule has 0 saturated heterocycles. The first-order chi connectivity index (χ1) is 7.14. The molecule has 1 aromatic rings. The van der Waals surface area contributed by atoms with E-state index in [0.717, 1.165) is 6.42 Å². The minimum absolute atomic E-state index is 0.274. The van der Waals surface area contributed by atoms with Crippen LogP contribution in [0.15, 0.2) is 30.3 Å². The van der Waals surface area contributed by atoms with Crippen LogP contribution < -0.4 is 5.73 Å². The van der Waals surface area contributed by atoms with Crippen LogP contribution in [0, 0.1) is 11.3 Å². The van der Waals surface area contributed by atoms with Gasteiger partial charge < -0.3 is 10.5 Å². The lowest BCUT2D eigenvalue weighted by Gasteiger charge is -2.15. The Morgan fingerprint density at radius 2 is 2.07 bits per heavy atom. The van der Waals surface area contributed by atoms with Gasteiger partial charge in [-0.3, -0.25) is 0 Å². The van der Waals surface area contributed by atoms with Crippen molar-refractivity contribution in [2.24, 2.45) is 5.73 Å². The monoisotopic (exact) mass is 204 g/mol. The van der Waals surface area contributed by atoms with Crippen LogP contribution in [0.4, 0.5) is 0 Å². The summed E-state index contributed by atoms with van der Waals surface area (Å²) >= 11 is 0. The van der Waals surface area contributed by atoms with E-state index >= 15 is 0 Å². The molecule has 2 N–H and O–H groups in total. The molecular formula is C12H16N2O. The van der Waals surface area contributed by atoms with Crippen LogP contribution in [0.3, 0.4) is 0 Å². The summed E-state index contributed by atoms with van der Waals surface area (Å²) in [5.41, 5.74) is 5.96. The zero-order valence-corrected chi connectivity index (χ0v) is 8.94. The van der Waals surface area contributed by atoms with Crippen LogP contribution in [0.25, 0.3) is 0 Å². The van der Waals surface area contributed by atoms with Gasteiger partial charge in [0.25, 0.3) is 0 Å². The molecule has 0 aromatic heterocycles. The van der Waals surface area contributed by atoms with Gasteiger partial charge in [0.1, 0.15) is 5.54 Å². The smallest absolute Gasteiger partial charge is 0.124 e. The molecule has 0 aliphatic carbocycles. The van der Waals surface area contributed by atoms with Gasteiger partial charge in [0.2, 0.25) is 0 Å². The van der Waals surface area contributed by atoms with E-state index in [1.807, 2.05) is 24.3 Å². The number of nitriles is 1. The van der Waals surface area contributed by atoms with Crippen LogP contribution in [-0.2, 0) is 11.2 Å². The summed E-state index contributed by atoms with van der Waals surface area (Å²) in [5, 5.41) is 8.66. The lowest BCUT2D eigenvalue weighted by atomic mass is 10.1. The van der Waals surface area contributed by atoms with Crippen LogP contribution in [0.5, 0.6) is 0 Å². The Balaban J connectivity index is 2.21. The molecule has 1 atom stereocenters. The second-order valence-corrected chi connectivity index (χ2v) is 3.82. The van der Waals surface area contributed by atoms with E-state index in [1.165, 1.54) is 5.56 Å². The van der Waals surface area contributed by atoms with Crippen molar-refractivity contribution in [2.75, 3.05) is 13.2 Å². The number of hydrogen-bond donors (Lipinski definition) is 1. The molecule has 1 rings (SSSR count). The van der Waals surface area contributed by atoms with Crippen molar-refractivity contribution in [2.45, 2.75) is 18.9 Å². The summed E-state index contributed by atoms with van der Waals surface area (Å²) in [5.74, 6) is 0. The number of nitrogens with zero attached hydrogens (tertiary/aromatic N) is 1. The van der Waals surface area contributed by atoms with Crippen molar-refractivity contribution in [1.82, 2.24) is 0 Å². The minimum atomic E-state index is -0.878. The van der Waals surface area contributed by atoms with E-state index in [4.69, 9.17) is 15.7 Å². The summed E-state index contributed by atoms with van der Waals surface area (Å²) in [7, 11) is 0. The Bertz CT molecular complexity index is 327. The van der Waals surface area contributed by atoms with Crippen LogP contribution >= 0.6 is 0 Å². The highest BCUT2D eigenvalue weighted by atomic mass is 16.5. The summed E-state index contributed by atoms with van der Waals surface area (Å²) in [6.45, 7) is 2.53. The Labute approximate surface area is 90.5 Å². The van der Waals surface area contributed by atoms with E-state index in [0.29, 0.717) is 6.61 Å². The lowest BCUT2D eigenvalue weighted by Crippen LogP contribution is -2.39. The van der Waals surface area contributed by atoms with Gasteiger partial charge >= 0.3 is 0 Å². The van der Waals surface area contributed by atoms with Crippen molar-refractivity contribution < 1.29 is 4.74 Å². The number of rotatable bonds is 5. The lowest BCUT2D eigenvalue weighted by molar-refractivity contribution is 0.110. The molecule has 80 valence electrons. The van der Waals surface area contributed by atoms with Gasteiger partial charge in [-0.25, -0.2) is 0 Å². The fraction of sp³-hybridized carbons (Fsp3) is 0.417. The molecule has 0 saturated carbocycles. The zero-order valence-electron chi connectivity index (χ0n) is 8.94. The van der Waals surface area contributed by atoms with E-state index in [2.05, 4.69) is 12.1 Å². The second kappa shape index (κ2) is 5.50. The molecule has 0 radical (unpaired) electrons. The van der Waals surface area contributed by atoms with Gasteiger partial charge in [0.05, 0.1) is 19.3 Å². The van der Waals surface area contributed by atoms with Gasteiger partial charge in [0, 0.05) is 0 Å². The molecule has 0 aliphatic rings. The predicted octanol–water partition coefficient (Wildman–Crippen LogP) is 1.49. The highest BCUT2D eigenvalue weighted by molar-refractivity contribution is 5.14. The van der Waals surface area contributed by atoms with Crippen molar-refractivity contribution in [3.05, 3.63) is 35.9 Å². The molecule has 0 fully saturated rings. The number of nitrogens with two attached hydrogens (primary N) is 1. The van der Waals surface area contributed by atoms with E-state index in [9.17, 15) is 0 Å². The van der Waals surface area contributed by atoms with E-state index < -0.39 is 5.54 Å². The average molecular weight is 204 g/mol. The molecule has 0 spiro atoms. The van der Waals surface area contributed by atoms with Gasteiger partial charge in [-0.2, -0.15) is 5.26 Å². The Morgan fingerprint density at radius 1 is 1.40 bits per heavy atom. The first-order valence-corrected chi connectivity index (χ1v) is 4.96. The SMILES string of the molecule is CC(N)(C#N)COCCc1ccccc1. The quantitative estimate of drug-likeness (QED) is 0.739. The summed E-state index contributed by atoms with van der Waals surface area (Å²) in [6, 6.07) is 12.1. The van der Waals surface area contributed by atoms with E-state index in [-0.39, 0.29) is 6.61 Å². The standard InChI is InChI=1S/C12H16N2O/c1-12(14,9-13)10-15-8-7-11-5-3-2-4-6-11/h2-6H,7-8,10,14H2,1H3. The fourth-order valence-corrected chi connectivity index (χ4v) is 1.15. The first kappa shape index (κ1) is 11.7. The van der Waals surface area contributed by atoms with Crippen molar-refractivity contribution in [1.29, 1.82) is 5.26 Å². The predicted molar refractivity (Wildman–Crippen MR) is 59.2 cm³/mol. The van der Waals surface area contributed by atoms with Crippen LogP contribution in [-0.4, -0.2) is 18.8 Å². The third kappa shape index (κ3) is 4.59. The topological polar surface area (TPSA) is 59.0 Å². The number of hydrogen-bond acceptors (Lipinski definition) is 3. The summed E-state index contributed by atoms with van der Waals surface area (Å²) in [6.07, 6.45) is 0.850. The number of benzene rings is 1. The molecule has 1 unspecified atom stereocenters. The van der Waals surface area contributed by atoms with Gasteiger partial charge in [-0.05, 0) is 18.9 Å². The third-order valence-electron chi connectivity index (χ3n) is 2.04. The maximum Gasteiger partial charge on any atom is 0.124 e. The Morgan fingerprint density at radius 3 is 2.67 bits per heavy atom. The fourth-order valence-electron chi connectivity index (χ4n) is 1.15. The molecule has 0 amide bonds. The molecule has 0 aliphatic heterocycles. The Kier molecular flexibility index (Phi) is 4.29. The largest absolute Gasteiger partial charge is 0.378 e. The molecule has 0 bridgehead atoms. The van der Waals surface area contributed by atoms with Crippen LogP contribution in [0.1, 0.15) is 12.5 Å². The molecular weight excluding hydrogens is 188 g/mol. The zero-order chi connectivity index (χ0) is 11.1. The maximum absolute atomic E-state index is 8.66. The van der Waals surface area contributed by atoms with E-state index in [1.54, 1.807) is 6.92 Å². The normalized spacial score (nSPS) is 14.2. The molecule has 15 heavy (non-hydrogen) atoms. The average Bonchev–Trinajstić information content (AvgIpc) is 2.26. The third-order valence-corrected chi connectivity index (χ3v) is 2.04. The van der Waals surface area contributed by atoms with Gasteiger partial charge in [-0.1, -0.05) is 30.3 Å². The van der Waals surface area contributed by atoms with Gasteiger partial charge in [-0.15, -0.1) is 0 Å². The minimum Gasteiger partial charge on any atom is -0.378 e. The highest BCUT2D eigenvalue weighted by Gasteiger charge is 2.16. The summed E-state index contributed by atoms with van der Waals surface area (Å²) < 4.78 is 5.35. The maximum atomic E-state index is 8.66. The van der Waals surface area contributed by atoms with Crippen molar-refractivity contribution in [3.63, 3.8) is 0 Å². The Hall–Kier alpha value is -1.37. The van der Waals surface area contributed by atoms with Gasteiger partial charge in [0.15, 0.2) is 0 Å². The van der Waals surface area contributed by atoms with Crippen molar-refractivity contribution >= 4 is 0 Å². The first-order valence-electron chi connectivity index (χ1n) is 4.96. The van der Waals surface area contributed by atoms with Crippen molar-refractivity contribution in [3.8, 4) is 6.07 Å². The molecule has 1 aromatic carbocycles. The second-order valence-electron chi connectivity index (χ2n) is 3.82. The number of ether oxygens (including phenoxy) is 1. The summed E-state index contributed by atoms with van der Waals surface area (Å²) in [4.78, 5) is 0. The molecule has 0 heterocycles. The highest BCUT2D eigenvalue weighted by Crippen LogP contribution is 2.01. The molecule has 3 heteroatoms. The van der Waals surface area contributed by atoms with Crippen LogP contribution in [0.2, 0.25) is 0 Å².